The Kier molecular flexibility index (Phi) is 6.29. The van der Waals surface area contributed by atoms with E-state index in [2.05, 4.69) is 50.6 Å². The highest BCUT2D eigenvalue weighted by Crippen LogP contribution is 2.21. The minimum absolute atomic E-state index is 0.617. The maximum atomic E-state index is 5.28. The zero-order chi connectivity index (χ0) is 13.4. The fourth-order valence-electron chi connectivity index (χ4n) is 2.21. The molecule has 0 heteroatoms. The molecule has 0 spiro atoms. The molecule has 0 saturated carbocycles. The molecular formula is C18H24. The Labute approximate surface area is 112 Å². The molecule has 96 valence electrons. The summed E-state index contributed by atoms with van der Waals surface area (Å²) in [6.07, 6.45) is 10.4. The average Bonchev–Trinajstić information content (AvgIpc) is 2.43. The Balaban J connectivity index is 2.62. The average molecular weight is 240 g/mol. The lowest BCUT2D eigenvalue weighted by Gasteiger charge is -2.17. The topological polar surface area (TPSA) is 0 Å². The Morgan fingerprint density at radius 1 is 1.22 bits per heavy atom. The summed E-state index contributed by atoms with van der Waals surface area (Å²) in [7, 11) is 0. The largest absolute Gasteiger partial charge is 0.120 e. The molecule has 0 N–H and O–H groups in total. The molecule has 0 nitrogen and oxygen atoms in total. The predicted molar refractivity (Wildman–Crippen MR) is 80.5 cm³/mol. The van der Waals surface area contributed by atoms with Gasteiger partial charge in [0.05, 0.1) is 0 Å². The third-order valence-corrected chi connectivity index (χ3v) is 3.59. The van der Waals surface area contributed by atoms with Crippen molar-refractivity contribution in [2.75, 3.05) is 0 Å². The molecule has 1 rings (SSSR count). The van der Waals surface area contributed by atoms with E-state index in [9.17, 15) is 0 Å². The summed E-state index contributed by atoms with van der Waals surface area (Å²) in [6.45, 7) is 8.61. The molecule has 1 aromatic rings. The van der Waals surface area contributed by atoms with E-state index >= 15 is 0 Å². The molecule has 1 atom stereocenters. The normalized spacial score (nSPS) is 11.8. The summed E-state index contributed by atoms with van der Waals surface area (Å²) < 4.78 is 0. The maximum absolute atomic E-state index is 5.28. The van der Waals surface area contributed by atoms with Crippen molar-refractivity contribution in [1.29, 1.82) is 0 Å². The van der Waals surface area contributed by atoms with Gasteiger partial charge in [-0.3, -0.25) is 0 Å². The van der Waals surface area contributed by atoms with Crippen molar-refractivity contribution < 1.29 is 0 Å². The standard InChI is InChI=1S/C18H24/c1-5-8-9-16-10-12-17(13-11-16)14-18(7-3)15(4)6-2/h1,10-13,18H,4,6-9,14H2,2-3H3/t18-/m0/s1. The first-order valence-corrected chi connectivity index (χ1v) is 6.90. The second-order valence-corrected chi connectivity index (χ2v) is 4.84. The molecule has 0 saturated heterocycles. The first kappa shape index (κ1) is 14.6. The number of rotatable bonds is 7. The van der Waals surface area contributed by atoms with Crippen LogP contribution in [0.4, 0.5) is 0 Å². The van der Waals surface area contributed by atoms with Crippen LogP contribution in [0.1, 0.15) is 44.2 Å². The second-order valence-electron chi connectivity index (χ2n) is 4.84. The van der Waals surface area contributed by atoms with Crippen LogP contribution in [0.3, 0.4) is 0 Å². The maximum Gasteiger partial charge on any atom is 0.0127 e. The van der Waals surface area contributed by atoms with Gasteiger partial charge in [-0.2, -0.15) is 0 Å². The third-order valence-electron chi connectivity index (χ3n) is 3.59. The highest BCUT2D eigenvalue weighted by Gasteiger charge is 2.09. The zero-order valence-electron chi connectivity index (χ0n) is 11.7. The Morgan fingerprint density at radius 3 is 2.33 bits per heavy atom. The van der Waals surface area contributed by atoms with E-state index in [1.807, 2.05) is 0 Å². The fourth-order valence-corrected chi connectivity index (χ4v) is 2.21. The number of benzene rings is 1. The van der Waals surface area contributed by atoms with E-state index < -0.39 is 0 Å². The summed E-state index contributed by atoms with van der Waals surface area (Å²) in [5.41, 5.74) is 4.11. The molecule has 0 radical (unpaired) electrons. The van der Waals surface area contributed by atoms with Gasteiger partial charge in [0.15, 0.2) is 0 Å². The Bertz CT molecular complexity index is 403. The van der Waals surface area contributed by atoms with Crippen molar-refractivity contribution in [2.24, 2.45) is 5.92 Å². The lowest BCUT2D eigenvalue weighted by atomic mass is 9.89. The van der Waals surface area contributed by atoms with Crippen LogP contribution < -0.4 is 0 Å². The van der Waals surface area contributed by atoms with Gasteiger partial charge >= 0.3 is 0 Å². The summed E-state index contributed by atoms with van der Waals surface area (Å²) in [5, 5.41) is 0. The molecule has 0 aliphatic carbocycles. The van der Waals surface area contributed by atoms with E-state index in [1.54, 1.807) is 0 Å². The summed E-state index contributed by atoms with van der Waals surface area (Å²) in [4.78, 5) is 0. The van der Waals surface area contributed by atoms with Crippen LogP contribution in [0, 0.1) is 18.3 Å². The molecule has 0 fully saturated rings. The van der Waals surface area contributed by atoms with Gasteiger partial charge in [-0.1, -0.05) is 50.3 Å². The van der Waals surface area contributed by atoms with E-state index in [4.69, 9.17) is 6.42 Å². The van der Waals surface area contributed by atoms with E-state index in [1.165, 1.54) is 23.1 Å². The highest BCUT2D eigenvalue weighted by atomic mass is 14.1. The van der Waals surface area contributed by atoms with E-state index in [0.29, 0.717) is 5.92 Å². The number of terminal acetylenes is 1. The van der Waals surface area contributed by atoms with Crippen LogP contribution in [0.15, 0.2) is 36.4 Å². The van der Waals surface area contributed by atoms with Crippen LogP contribution in [0.2, 0.25) is 0 Å². The molecule has 0 heterocycles. The number of hydrogen-bond acceptors (Lipinski definition) is 0. The highest BCUT2D eigenvalue weighted by molar-refractivity contribution is 5.24. The minimum atomic E-state index is 0.617. The van der Waals surface area contributed by atoms with Gasteiger partial charge in [0.1, 0.15) is 0 Å². The van der Waals surface area contributed by atoms with Crippen molar-refractivity contribution in [3.63, 3.8) is 0 Å². The van der Waals surface area contributed by atoms with Crippen molar-refractivity contribution >= 4 is 0 Å². The molecule has 0 aromatic heterocycles. The smallest absolute Gasteiger partial charge is 0.0127 e. The summed E-state index contributed by atoms with van der Waals surface area (Å²) >= 11 is 0. The molecular weight excluding hydrogens is 216 g/mol. The van der Waals surface area contributed by atoms with Crippen LogP contribution in [-0.4, -0.2) is 0 Å². The lowest BCUT2D eigenvalue weighted by Crippen LogP contribution is -2.05. The van der Waals surface area contributed by atoms with Gasteiger partial charge < -0.3 is 0 Å². The van der Waals surface area contributed by atoms with Gasteiger partial charge in [0.2, 0.25) is 0 Å². The number of allylic oxidation sites excluding steroid dienone is 1. The molecule has 0 bridgehead atoms. The monoisotopic (exact) mass is 240 g/mol. The van der Waals surface area contributed by atoms with Crippen molar-refractivity contribution in [2.45, 2.75) is 46.0 Å². The third kappa shape index (κ3) is 4.41. The molecule has 0 unspecified atom stereocenters. The fraction of sp³-hybridized carbons (Fsp3) is 0.444. The van der Waals surface area contributed by atoms with E-state index in [-0.39, 0.29) is 0 Å². The van der Waals surface area contributed by atoms with Crippen molar-refractivity contribution in [1.82, 2.24) is 0 Å². The zero-order valence-corrected chi connectivity index (χ0v) is 11.7. The lowest BCUT2D eigenvalue weighted by molar-refractivity contribution is 0.574. The van der Waals surface area contributed by atoms with Gasteiger partial charge in [-0.15, -0.1) is 12.3 Å². The summed E-state index contributed by atoms with van der Waals surface area (Å²) in [5.74, 6) is 3.30. The van der Waals surface area contributed by atoms with Gasteiger partial charge in [-0.25, -0.2) is 0 Å². The van der Waals surface area contributed by atoms with Crippen molar-refractivity contribution in [3.05, 3.63) is 47.5 Å². The quantitative estimate of drug-likeness (QED) is 0.475. The number of aryl methyl sites for hydroxylation is 1. The molecule has 0 aliphatic heterocycles. The Morgan fingerprint density at radius 2 is 1.83 bits per heavy atom. The van der Waals surface area contributed by atoms with Crippen LogP contribution >= 0.6 is 0 Å². The van der Waals surface area contributed by atoms with Crippen LogP contribution in [0.25, 0.3) is 0 Å². The van der Waals surface area contributed by atoms with Gasteiger partial charge in [-0.05, 0) is 42.7 Å². The van der Waals surface area contributed by atoms with Crippen LogP contribution in [-0.2, 0) is 12.8 Å². The van der Waals surface area contributed by atoms with Gasteiger partial charge in [0.25, 0.3) is 0 Å². The SMILES string of the molecule is C#CCCc1ccc(C[C@H](CC)C(=C)CC)cc1. The minimum Gasteiger partial charge on any atom is -0.120 e. The molecule has 0 aliphatic rings. The first-order chi connectivity index (χ1) is 8.71. The van der Waals surface area contributed by atoms with Crippen molar-refractivity contribution in [3.8, 4) is 12.3 Å². The molecule has 18 heavy (non-hydrogen) atoms. The van der Waals surface area contributed by atoms with E-state index in [0.717, 1.165) is 25.7 Å². The molecule has 0 amide bonds. The predicted octanol–water partition coefficient (Wildman–Crippen LogP) is 4.79. The Hall–Kier alpha value is -1.48. The van der Waals surface area contributed by atoms with Gasteiger partial charge in [0, 0.05) is 6.42 Å². The molecule has 1 aromatic carbocycles. The van der Waals surface area contributed by atoms with Crippen LogP contribution in [0.5, 0.6) is 0 Å². The summed E-state index contributed by atoms with van der Waals surface area (Å²) in [6, 6.07) is 8.87. The second kappa shape index (κ2) is 7.77. The number of hydrogen-bond donors (Lipinski definition) is 0. The first-order valence-electron chi connectivity index (χ1n) is 6.90.